The Morgan fingerprint density at radius 2 is 2.05 bits per heavy atom. The molecular formula is C13H15N5O. The summed E-state index contributed by atoms with van der Waals surface area (Å²) in [5.41, 5.74) is 4.92. The van der Waals surface area contributed by atoms with Crippen molar-refractivity contribution in [3.63, 3.8) is 0 Å². The quantitative estimate of drug-likeness (QED) is 0.642. The molecule has 2 aromatic rings. The van der Waals surface area contributed by atoms with Crippen LogP contribution in [0.1, 0.15) is 23.7 Å². The van der Waals surface area contributed by atoms with E-state index in [1.54, 1.807) is 13.1 Å². The highest BCUT2D eigenvalue weighted by molar-refractivity contribution is 5.80. The van der Waals surface area contributed by atoms with Gasteiger partial charge in [0.2, 0.25) is 5.95 Å². The van der Waals surface area contributed by atoms with Crippen molar-refractivity contribution in [3.05, 3.63) is 51.4 Å². The van der Waals surface area contributed by atoms with E-state index in [1.807, 2.05) is 12.1 Å². The smallest absolute Gasteiger partial charge is 0.274 e. The standard InChI is InChI=1S/C13H15N5O/c1-3-10-4-6-11(7-5-10)8-14-17-13-15-12(19)9(2)16-18-13/h4-8H,3H2,1-2H3,(H2,15,17,18,19)/b14-8+. The van der Waals surface area contributed by atoms with Crippen molar-refractivity contribution < 1.29 is 0 Å². The van der Waals surface area contributed by atoms with E-state index < -0.39 is 0 Å². The van der Waals surface area contributed by atoms with E-state index in [2.05, 4.69) is 44.8 Å². The maximum absolute atomic E-state index is 11.3. The minimum atomic E-state index is -0.278. The van der Waals surface area contributed by atoms with Gasteiger partial charge >= 0.3 is 0 Å². The lowest BCUT2D eigenvalue weighted by molar-refractivity contribution is 0.897. The van der Waals surface area contributed by atoms with Crippen LogP contribution >= 0.6 is 0 Å². The molecule has 0 saturated carbocycles. The Labute approximate surface area is 110 Å². The molecule has 0 aliphatic heterocycles. The highest BCUT2D eigenvalue weighted by Crippen LogP contribution is 2.03. The first-order valence-corrected chi connectivity index (χ1v) is 6.00. The molecule has 0 amide bonds. The van der Waals surface area contributed by atoms with Gasteiger partial charge in [0, 0.05) is 0 Å². The Kier molecular flexibility index (Phi) is 4.02. The van der Waals surface area contributed by atoms with Crippen LogP contribution in [0.25, 0.3) is 0 Å². The number of aryl methyl sites for hydroxylation is 2. The number of H-pyrrole nitrogens is 1. The monoisotopic (exact) mass is 257 g/mol. The second kappa shape index (κ2) is 5.90. The molecule has 19 heavy (non-hydrogen) atoms. The summed E-state index contributed by atoms with van der Waals surface area (Å²) in [4.78, 5) is 13.8. The summed E-state index contributed by atoms with van der Waals surface area (Å²) >= 11 is 0. The van der Waals surface area contributed by atoms with Crippen LogP contribution in [0.15, 0.2) is 34.2 Å². The molecule has 0 aliphatic rings. The Bertz CT molecular complexity index is 630. The molecule has 6 nitrogen and oxygen atoms in total. The zero-order valence-corrected chi connectivity index (χ0v) is 10.8. The van der Waals surface area contributed by atoms with Crippen molar-refractivity contribution in [2.45, 2.75) is 20.3 Å². The third-order valence-electron chi connectivity index (χ3n) is 2.63. The molecule has 0 unspecified atom stereocenters. The molecule has 2 rings (SSSR count). The molecule has 6 heteroatoms. The number of hydrazone groups is 1. The molecule has 0 spiro atoms. The van der Waals surface area contributed by atoms with E-state index in [0.717, 1.165) is 12.0 Å². The topological polar surface area (TPSA) is 83.0 Å². The Balaban J connectivity index is 2.02. The van der Waals surface area contributed by atoms with Crippen LogP contribution < -0.4 is 11.0 Å². The predicted molar refractivity (Wildman–Crippen MR) is 74.4 cm³/mol. The molecule has 0 bridgehead atoms. The second-order valence-electron chi connectivity index (χ2n) is 4.05. The first-order valence-electron chi connectivity index (χ1n) is 6.00. The fraction of sp³-hybridized carbons (Fsp3) is 0.231. The van der Waals surface area contributed by atoms with Gasteiger partial charge < -0.3 is 0 Å². The van der Waals surface area contributed by atoms with Gasteiger partial charge in [0.05, 0.1) is 6.21 Å². The van der Waals surface area contributed by atoms with E-state index >= 15 is 0 Å². The molecule has 0 fully saturated rings. The molecule has 1 aromatic carbocycles. The first-order chi connectivity index (χ1) is 9.19. The average molecular weight is 257 g/mol. The van der Waals surface area contributed by atoms with Crippen LogP contribution in [0.5, 0.6) is 0 Å². The second-order valence-corrected chi connectivity index (χ2v) is 4.05. The minimum Gasteiger partial charge on any atom is -0.288 e. The van der Waals surface area contributed by atoms with E-state index in [9.17, 15) is 4.79 Å². The molecule has 0 radical (unpaired) electrons. The van der Waals surface area contributed by atoms with E-state index in [4.69, 9.17) is 0 Å². The maximum Gasteiger partial charge on any atom is 0.274 e. The normalized spacial score (nSPS) is 10.8. The highest BCUT2D eigenvalue weighted by Gasteiger charge is 1.97. The van der Waals surface area contributed by atoms with Gasteiger partial charge in [-0.25, -0.2) is 5.43 Å². The summed E-state index contributed by atoms with van der Waals surface area (Å²) in [6, 6.07) is 8.06. The van der Waals surface area contributed by atoms with Crippen molar-refractivity contribution in [1.82, 2.24) is 15.2 Å². The van der Waals surface area contributed by atoms with Crippen molar-refractivity contribution in [2.24, 2.45) is 5.10 Å². The summed E-state index contributed by atoms with van der Waals surface area (Å²) in [7, 11) is 0. The number of aromatic amines is 1. The molecule has 1 aromatic heterocycles. The van der Waals surface area contributed by atoms with Crippen molar-refractivity contribution in [3.8, 4) is 0 Å². The van der Waals surface area contributed by atoms with Crippen LogP contribution in [0, 0.1) is 6.92 Å². The summed E-state index contributed by atoms with van der Waals surface area (Å²) in [5.74, 6) is 0.219. The number of hydrogen-bond donors (Lipinski definition) is 2. The largest absolute Gasteiger partial charge is 0.288 e. The molecule has 98 valence electrons. The van der Waals surface area contributed by atoms with Crippen molar-refractivity contribution in [2.75, 3.05) is 5.43 Å². The summed E-state index contributed by atoms with van der Waals surface area (Å²) in [6.07, 6.45) is 2.66. The van der Waals surface area contributed by atoms with Crippen LogP contribution in [0.3, 0.4) is 0 Å². The Morgan fingerprint density at radius 3 is 2.68 bits per heavy atom. The number of benzene rings is 1. The lowest BCUT2D eigenvalue weighted by Gasteiger charge is -1.99. The summed E-state index contributed by atoms with van der Waals surface area (Å²) < 4.78 is 0. The van der Waals surface area contributed by atoms with Gasteiger partial charge in [-0.2, -0.15) is 5.10 Å². The number of nitrogens with zero attached hydrogens (tertiary/aromatic N) is 3. The first kappa shape index (κ1) is 12.9. The summed E-state index contributed by atoms with van der Waals surface area (Å²) in [6.45, 7) is 3.70. The number of hydrogen-bond acceptors (Lipinski definition) is 5. The van der Waals surface area contributed by atoms with Crippen LogP contribution in [-0.4, -0.2) is 21.4 Å². The zero-order chi connectivity index (χ0) is 13.7. The Hall–Kier alpha value is -2.50. The third-order valence-corrected chi connectivity index (χ3v) is 2.63. The molecule has 2 N–H and O–H groups in total. The van der Waals surface area contributed by atoms with Gasteiger partial charge in [0.25, 0.3) is 5.56 Å². The third kappa shape index (κ3) is 3.48. The SMILES string of the molecule is CCc1ccc(/C=N/Nc2nnc(C)c(=O)[nH]2)cc1. The van der Waals surface area contributed by atoms with E-state index in [-0.39, 0.29) is 11.5 Å². The van der Waals surface area contributed by atoms with Gasteiger partial charge in [-0.1, -0.05) is 31.2 Å². The number of anilines is 1. The predicted octanol–water partition coefficient (Wildman–Crippen LogP) is 1.48. The van der Waals surface area contributed by atoms with Gasteiger partial charge in [0.15, 0.2) is 0 Å². The molecular weight excluding hydrogens is 242 g/mol. The lowest BCUT2D eigenvalue weighted by atomic mass is 10.1. The van der Waals surface area contributed by atoms with Crippen LogP contribution in [0.2, 0.25) is 0 Å². The van der Waals surface area contributed by atoms with Gasteiger partial charge in [0.1, 0.15) is 5.69 Å². The van der Waals surface area contributed by atoms with Crippen molar-refractivity contribution in [1.29, 1.82) is 0 Å². The number of nitrogens with one attached hydrogen (secondary N) is 2. The molecule has 0 saturated heterocycles. The van der Waals surface area contributed by atoms with Crippen LogP contribution in [0.4, 0.5) is 5.95 Å². The van der Waals surface area contributed by atoms with E-state index in [0.29, 0.717) is 5.69 Å². The minimum absolute atomic E-state index is 0.219. The van der Waals surface area contributed by atoms with Crippen molar-refractivity contribution >= 4 is 12.2 Å². The molecule has 0 aliphatic carbocycles. The molecule has 1 heterocycles. The highest BCUT2D eigenvalue weighted by atomic mass is 16.1. The van der Waals surface area contributed by atoms with E-state index in [1.165, 1.54) is 5.56 Å². The zero-order valence-electron chi connectivity index (χ0n) is 10.8. The maximum atomic E-state index is 11.3. The van der Waals surface area contributed by atoms with Gasteiger partial charge in [-0.15, -0.1) is 10.2 Å². The number of rotatable bonds is 4. The fourth-order valence-electron chi connectivity index (χ4n) is 1.45. The Morgan fingerprint density at radius 1 is 1.32 bits per heavy atom. The average Bonchev–Trinajstić information content (AvgIpc) is 2.43. The summed E-state index contributed by atoms with van der Waals surface area (Å²) in [5, 5.41) is 11.5. The van der Waals surface area contributed by atoms with Gasteiger partial charge in [-0.05, 0) is 24.5 Å². The molecule has 0 atom stereocenters. The fourth-order valence-corrected chi connectivity index (χ4v) is 1.45. The number of aromatic nitrogens is 3. The van der Waals surface area contributed by atoms with Gasteiger partial charge in [-0.3, -0.25) is 9.78 Å². The van der Waals surface area contributed by atoms with Crippen LogP contribution in [-0.2, 0) is 6.42 Å². The lowest BCUT2D eigenvalue weighted by Crippen LogP contribution is -2.15.